The molecule has 0 radical (unpaired) electrons. The van der Waals surface area contributed by atoms with Gasteiger partial charge in [0.05, 0.1) is 5.56 Å². The lowest BCUT2D eigenvalue weighted by atomic mass is 9.89. The van der Waals surface area contributed by atoms with Gasteiger partial charge in [0.1, 0.15) is 0 Å². The van der Waals surface area contributed by atoms with E-state index in [1.54, 1.807) is 0 Å². The minimum atomic E-state index is -0.185. The number of halogens is 1. The number of hydrogen-bond donors (Lipinski definition) is 0. The van der Waals surface area contributed by atoms with E-state index in [4.69, 9.17) is 0 Å². The van der Waals surface area contributed by atoms with Crippen LogP contribution in [0.3, 0.4) is 0 Å². The lowest BCUT2D eigenvalue weighted by molar-refractivity contribution is 0.0595. The van der Waals surface area contributed by atoms with Gasteiger partial charge >= 0.3 is 0 Å². The molecule has 138 valence electrons. The van der Waals surface area contributed by atoms with E-state index in [1.807, 2.05) is 36.4 Å². The van der Waals surface area contributed by atoms with Crippen molar-refractivity contribution in [2.24, 2.45) is 0 Å². The molecule has 4 rings (SSSR count). The van der Waals surface area contributed by atoms with E-state index in [0.717, 1.165) is 38.2 Å². The standard InChI is InChI=1S/C22H21IN2O2/c1-3-24(4-2)10-11-25-21(26)17-7-5-6-15-12-14-8-9-16(23)13-18(14)20(19(15)17)22(25)27/h5-9,12-13H,3-4,10-11H2,1-2H3. The van der Waals surface area contributed by atoms with Crippen LogP contribution < -0.4 is 0 Å². The summed E-state index contributed by atoms with van der Waals surface area (Å²) in [6.45, 7) is 7.09. The number of benzene rings is 3. The SMILES string of the molecule is CCN(CC)CCN1C(=O)c2cccc3cc4ccc(I)cc4c(c23)C1=O. The lowest BCUT2D eigenvalue weighted by Crippen LogP contribution is -2.44. The fourth-order valence-corrected chi connectivity index (χ4v) is 4.39. The third-order valence-electron chi connectivity index (χ3n) is 5.41. The number of amides is 2. The highest BCUT2D eigenvalue weighted by atomic mass is 127. The van der Waals surface area contributed by atoms with Crippen LogP contribution in [0.2, 0.25) is 0 Å². The van der Waals surface area contributed by atoms with Gasteiger partial charge in [0, 0.05) is 27.6 Å². The van der Waals surface area contributed by atoms with Gasteiger partial charge in [-0.3, -0.25) is 14.5 Å². The number of carbonyl (C=O) groups is 2. The normalized spacial score (nSPS) is 14.0. The Labute approximate surface area is 172 Å². The average molecular weight is 472 g/mol. The molecule has 0 saturated carbocycles. The zero-order chi connectivity index (χ0) is 19.1. The summed E-state index contributed by atoms with van der Waals surface area (Å²) in [6.07, 6.45) is 0. The van der Waals surface area contributed by atoms with Gasteiger partial charge in [-0.1, -0.05) is 32.0 Å². The topological polar surface area (TPSA) is 40.6 Å². The predicted octanol–water partition coefficient (Wildman–Crippen LogP) is 4.54. The first kappa shape index (κ1) is 18.4. The van der Waals surface area contributed by atoms with Gasteiger partial charge in [-0.05, 0) is 76.1 Å². The van der Waals surface area contributed by atoms with E-state index in [9.17, 15) is 9.59 Å². The average Bonchev–Trinajstić information content (AvgIpc) is 2.67. The maximum absolute atomic E-state index is 13.4. The molecule has 3 aromatic carbocycles. The molecule has 4 nitrogen and oxygen atoms in total. The van der Waals surface area contributed by atoms with Crippen LogP contribution >= 0.6 is 22.6 Å². The zero-order valence-electron chi connectivity index (χ0n) is 15.5. The summed E-state index contributed by atoms with van der Waals surface area (Å²) < 4.78 is 1.08. The number of nitrogens with zero attached hydrogens (tertiary/aromatic N) is 2. The lowest BCUT2D eigenvalue weighted by Gasteiger charge is -2.30. The molecule has 2 amide bonds. The fraction of sp³-hybridized carbons (Fsp3) is 0.273. The first-order chi connectivity index (χ1) is 13.0. The molecule has 0 bridgehead atoms. The van der Waals surface area contributed by atoms with Crippen molar-refractivity contribution in [2.45, 2.75) is 13.8 Å². The second-order valence-corrected chi connectivity index (χ2v) is 8.06. The van der Waals surface area contributed by atoms with Crippen molar-refractivity contribution in [3.8, 4) is 0 Å². The quantitative estimate of drug-likeness (QED) is 0.311. The Balaban J connectivity index is 1.91. The maximum Gasteiger partial charge on any atom is 0.262 e. The van der Waals surface area contributed by atoms with Gasteiger partial charge in [-0.25, -0.2) is 0 Å². The Morgan fingerprint density at radius 3 is 2.48 bits per heavy atom. The Kier molecular flexibility index (Phi) is 4.90. The number of hydrogen-bond acceptors (Lipinski definition) is 3. The van der Waals surface area contributed by atoms with Crippen molar-refractivity contribution in [1.29, 1.82) is 0 Å². The van der Waals surface area contributed by atoms with Crippen LogP contribution in [0.25, 0.3) is 21.5 Å². The molecule has 1 aliphatic heterocycles. The van der Waals surface area contributed by atoms with E-state index < -0.39 is 0 Å². The van der Waals surface area contributed by atoms with Crippen molar-refractivity contribution in [1.82, 2.24) is 9.80 Å². The van der Waals surface area contributed by atoms with Gasteiger partial charge in [0.25, 0.3) is 11.8 Å². The summed E-state index contributed by atoms with van der Waals surface area (Å²) in [7, 11) is 0. The molecular formula is C22H21IN2O2. The van der Waals surface area contributed by atoms with Gasteiger partial charge < -0.3 is 4.90 Å². The van der Waals surface area contributed by atoms with E-state index >= 15 is 0 Å². The number of imide groups is 1. The summed E-state index contributed by atoms with van der Waals surface area (Å²) in [6, 6.07) is 13.9. The highest BCUT2D eigenvalue weighted by molar-refractivity contribution is 14.1. The minimum Gasteiger partial charge on any atom is -0.302 e. The van der Waals surface area contributed by atoms with Crippen LogP contribution in [-0.2, 0) is 0 Å². The maximum atomic E-state index is 13.4. The molecule has 0 aliphatic carbocycles. The van der Waals surface area contributed by atoms with Gasteiger partial charge in [-0.15, -0.1) is 0 Å². The first-order valence-electron chi connectivity index (χ1n) is 9.28. The van der Waals surface area contributed by atoms with Crippen LogP contribution in [0.5, 0.6) is 0 Å². The third-order valence-corrected chi connectivity index (χ3v) is 6.08. The molecule has 0 atom stereocenters. The summed E-state index contributed by atoms with van der Waals surface area (Å²) in [5.41, 5.74) is 1.29. The second-order valence-electron chi connectivity index (χ2n) is 6.81. The summed E-state index contributed by atoms with van der Waals surface area (Å²) in [5, 5.41) is 3.69. The summed E-state index contributed by atoms with van der Waals surface area (Å²) in [4.78, 5) is 30.2. The highest BCUT2D eigenvalue weighted by Gasteiger charge is 2.34. The smallest absolute Gasteiger partial charge is 0.262 e. The van der Waals surface area contributed by atoms with Crippen molar-refractivity contribution >= 4 is 56.0 Å². The van der Waals surface area contributed by atoms with Gasteiger partial charge in [0.2, 0.25) is 0 Å². The highest BCUT2D eigenvalue weighted by Crippen LogP contribution is 2.36. The molecule has 3 aromatic rings. The van der Waals surface area contributed by atoms with Crippen molar-refractivity contribution in [3.63, 3.8) is 0 Å². The molecule has 0 unspecified atom stereocenters. The van der Waals surface area contributed by atoms with Crippen LogP contribution in [-0.4, -0.2) is 47.8 Å². The minimum absolute atomic E-state index is 0.177. The van der Waals surface area contributed by atoms with E-state index in [-0.39, 0.29) is 11.8 Å². The second kappa shape index (κ2) is 7.20. The van der Waals surface area contributed by atoms with Crippen LogP contribution in [0.1, 0.15) is 34.6 Å². The number of carbonyl (C=O) groups excluding carboxylic acids is 2. The zero-order valence-corrected chi connectivity index (χ0v) is 17.6. The van der Waals surface area contributed by atoms with Gasteiger partial charge in [0.15, 0.2) is 0 Å². The van der Waals surface area contributed by atoms with Crippen LogP contribution in [0.4, 0.5) is 0 Å². The van der Waals surface area contributed by atoms with Gasteiger partial charge in [-0.2, -0.15) is 0 Å². The van der Waals surface area contributed by atoms with Crippen molar-refractivity contribution in [3.05, 3.63) is 57.2 Å². The molecule has 0 aromatic heterocycles. The van der Waals surface area contributed by atoms with Crippen LogP contribution in [0, 0.1) is 3.57 Å². The molecular weight excluding hydrogens is 451 g/mol. The Hall–Kier alpha value is -1.99. The summed E-state index contributed by atoms with van der Waals surface area (Å²) >= 11 is 2.26. The Morgan fingerprint density at radius 1 is 0.963 bits per heavy atom. The molecule has 27 heavy (non-hydrogen) atoms. The summed E-state index contributed by atoms with van der Waals surface area (Å²) in [5.74, 6) is -0.362. The van der Waals surface area contributed by atoms with E-state index in [1.165, 1.54) is 4.90 Å². The number of likely N-dealkylation sites (N-methyl/N-ethyl adjacent to an activating group) is 1. The monoisotopic (exact) mass is 472 g/mol. The molecule has 0 saturated heterocycles. The molecule has 0 N–H and O–H groups in total. The fourth-order valence-electron chi connectivity index (χ4n) is 3.90. The molecule has 0 spiro atoms. The number of fused-ring (bicyclic) bond motifs is 2. The Bertz CT molecular complexity index is 1070. The van der Waals surface area contributed by atoms with Crippen LogP contribution in [0.15, 0.2) is 42.5 Å². The predicted molar refractivity (Wildman–Crippen MR) is 117 cm³/mol. The largest absolute Gasteiger partial charge is 0.302 e. The van der Waals surface area contributed by atoms with Crippen molar-refractivity contribution < 1.29 is 9.59 Å². The molecule has 1 aliphatic rings. The molecule has 1 heterocycles. The van der Waals surface area contributed by atoms with E-state index in [2.05, 4.69) is 47.4 Å². The molecule has 5 heteroatoms. The van der Waals surface area contributed by atoms with E-state index in [0.29, 0.717) is 24.2 Å². The number of rotatable bonds is 5. The Morgan fingerprint density at radius 2 is 1.74 bits per heavy atom. The molecule has 0 fully saturated rings. The first-order valence-corrected chi connectivity index (χ1v) is 10.4. The van der Waals surface area contributed by atoms with Crippen molar-refractivity contribution in [2.75, 3.05) is 26.2 Å². The third kappa shape index (κ3) is 3.02.